The highest BCUT2D eigenvalue weighted by molar-refractivity contribution is 5.80. The van der Waals surface area contributed by atoms with E-state index in [1.165, 1.54) is 6.92 Å². The Balaban J connectivity index is 2.46. The molecule has 1 aliphatic carbocycles. The summed E-state index contributed by atoms with van der Waals surface area (Å²) >= 11 is 0. The second-order valence-corrected chi connectivity index (χ2v) is 4.72. The van der Waals surface area contributed by atoms with E-state index >= 15 is 0 Å². The molecule has 3 heteroatoms. The Morgan fingerprint density at radius 2 is 1.93 bits per heavy atom. The summed E-state index contributed by atoms with van der Waals surface area (Å²) in [5, 5.41) is 0. The molecule has 14 heavy (non-hydrogen) atoms. The smallest absolute Gasteiger partial charge is 0.302 e. The normalized spacial score (nSPS) is 29.1. The molecule has 3 nitrogen and oxygen atoms in total. The maximum Gasteiger partial charge on any atom is 0.302 e. The number of hydrogen-bond donors (Lipinski definition) is 0. The van der Waals surface area contributed by atoms with E-state index in [1.54, 1.807) is 6.92 Å². The van der Waals surface area contributed by atoms with Gasteiger partial charge < -0.3 is 4.74 Å². The molecule has 0 aliphatic heterocycles. The van der Waals surface area contributed by atoms with Crippen LogP contribution in [0.15, 0.2) is 0 Å². The lowest BCUT2D eigenvalue weighted by molar-refractivity contribution is -0.152. The summed E-state index contributed by atoms with van der Waals surface area (Å²) in [6.07, 6.45) is 0.857. The fraction of sp³-hybridized carbons (Fsp3) is 0.818. The second kappa shape index (κ2) is 3.71. The Hall–Kier alpha value is -0.860. The third-order valence-corrected chi connectivity index (χ3v) is 3.45. The van der Waals surface area contributed by atoms with Crippen LogP contribution in [-0.2, 0) is 14.3 Å². The zero-order valence-corrected chi connectivity index (χ0v) is 9.29. The standard InChI is InChI=1S/C11H18O3/c1-7(12)10-5-9(11(10,3)4)6-14-8(2)13/h9-10H,5-6H2,1-4H3. The molecule has 0 heterocycles. The van der Waals surface area contributed by atoms with Gasteiger partial charge in [-0.3, -0.25) is 9.59 Å². The molecule has 0 saturated heterocycles. The summed E-state index contributed by atoms with van der Waals surface area (Å²) in [6, 6.07) is 0. The highest BCUT2D eigenvalue weighted by Crippen LogP contribution is 2.51. The van der Waals surface area contributed by atoms with Gasteiger partial charge in [-0.05, 0) is 24.7 Å². The highest BCUT2D eigenvalue weighted by atomic mass is 16.5. The van der Waals surface area contributed by atoms with Crippen molar-refractivity contribution < 1.29 is 14.3 Å². The van der Waals surface area contributed by atoms with Crippen LogP contribution < -0.4 is 0 Å². The summed E-state index contributed by atoms with van der Waals surface area (Å²) in [5.41, 5.74) is -0.0126. The van der Waals surface area contributed by atoms with Crippen molar-refractivity contribution in [3.63, 3.8) is 0 Å². The van der Waals surface area contributed by atoms with Crippen LogP contribution in [0.2, 0.25) is 0 Å². The molecule has 0 amide bonds. The average molecular weight is 198 g/mol. The van der Waals surface area contributed by atoms with Gasteiger partial charge in [0.1, 0.15) is 5.78 Å². The van der Waals surface area contributed by atoms with Crippen LogP contribution in [0.1, 0.15) is 34.1 Å². The van der Waals surface area contributed by atoms with Gasteiger partial charge >= 0.3 is 5.97 Å². The lowest BCUT2D eigenvalue weighted by atomic mass is 9.54. The van der Waals surface area contributed by atoms with Crippen molar-refractivity contribution in [3.8, 4) is 0 Å². The third kappa shape index (κ3) is 1.97. The van der Waals surface area contributed by atoms with Crippen molar-refractivity contribution in [2.24, 2.45) is 17.3 Å². The number of carbonyl (C=O) groups excluding carboxylic acids is 2. The minimum atomic E-state index is -0.243. The molecule has 80 valence electrons. The SMILES string of the molecule is CC(=O)OCC1CC(C(C)=O)C1(C)C. The molecule has 1 aliphatic rings. The van der Waals surface area contributed by atoms with Gasteiger partial charge in [-0.1, -0.05) is 13.8 Å². The predicted octanol–water partition coefficient (Wildman–Crippen LogP) is 1.80. The van der Waals surface area contributed by atoms with Crippen molar-refractivity contribution in [1.82, 2.24) is 0 Å². The topological polar surface area (TPSA) is 43.4 Å². The minimum Gasteiger partial charge on any atom is -0.466 e. The van der Waals surface area contributed by atoms with E-state index in [2.05, 4.69) is 13.8 Å². The van der Waals surface area contributed by atoms with Crippen LogP contribution in [0.4, 0.5) is 0 Å². The van der Waals surface area contributed by atoms with Crippen molar-refractivity contribution in [3.05, 3.63) is 0 Å². The highest BCUT2D eigenvalue weighted by Gasteiger charge is 2.50. The summed E-state index contributed by atoms with van der Waals surface area (Å²) in [5.74, 6) is 0.476. The first-order valence-electron chi connectivity index (χ1n) is 4.99. The number of Topliss-reactive ketones (excluding diaryl/α,β-unsaturated/α-hetero) is 1. The number of esters is 1. The maximum absolute atomic E-state index is 11.2. The number of hydrogen-bond acceptors (Lipinski definition) is 3. The monoisotopic (exact) mass is 198 g/mol. The zero-order valence-electron chi connectivity index (χ0n) is 9.29. The van der Waals surface area contributed by atoms with Gasteiger partial charge in [-0.2, -0.15) is 0 Å². The minimum absolute atomic E-state index is 0.0126. The second-order valence-electron chi connectivity index (χ2n) is 4.72. The summed E-state index contributed by atoms with van der Waals surface area (Å²) in [7, 11) is 0. The van der Waals surface area contributed by atoms with Gasteiger partial charge in [0, 0.05) is 12.8 Å². The van der Waals surface area contributed by atoms with Crippen LogP contribution in [0, 0.1) is 17.3 Å². The molecule has 0 N–H and O–H groups in total. The molecule has 0 spiro atoms. The lowest BCUT2D eigenvalue weighted by Gasteiger charge is -2.50. The Morgan fingerprint density at radius 3 is 2.29 bits per heavy atom. The van der Waals surface area contributed by atoms with Gasteiger partial charge in [0.05, 0.1) is 6.61 Å². The fourth-order valence-corrected chi connectivity index (χ4v) is 2.21. The van der Waals surface area contributed by atoms with Crippen LogP contribution in [0.5, 0.6) is 0 Å². The van der Waals surface area contributed by atoms with Crippen molar-refractivity contribution in [2.75, 3.05) is 6.61 Å². The summed E-state index contributed by atoms with van der Waals surface area (Å²) < 4.78 is 4.96. The molecule has 0 bridgehead atoms. The number of rotatable bonds is 3. The lowest BCUT2D eigenvalue weighted by Crippen LogP contribution is -2.50. The maximum atomic E-state index is 11.2. The first-order chi connectivity index (χ1) is 6.35. The van der Waals surface area contributed by atoms with E-state index in [1.807, 2.05) is 0 Å². The predicted molar refractivity (Wildman–Crippen MR) is 52.7 cm³/mol. The average Bonchev–Trinajstić information content (AvgIpc) is 2.00. The van der Waals surface area contributed by atoms with Crippen molar-refractivity contribution in [1.29, 1.82) is 0 Å². The summed E-state index contributed by atoms with van der Waals surface area (Å²) in [4.78, 5) is 21.8. The molecule has 0 aromatic heterocycles. The molecule has 1 fully saturated rings. The molecule has 1 rings (SSSR count). The van der Waals surface area contributed by atoms with Crippen LogP contribution in [-0.4, -0.2) is 18.4 Å². The molecule has 0 aromatic carbocycles. The van der Waals surface area contributed by atoms with Crippen LogP contribution in [0.25, 0.3) is 0 Å². The van der Waals surface area contributed by atoms with Crippen LogP contribution >= 0.6 is 0 Å². The van der Waals surface area contributed by atoms with Crippen molar-refractivity contribution >= 4 is 11.8 Å². The summed E-state index contributed by atoms with van der Waals surface area (Å²) in [6.45, 7) is 7.63. The van der Waals surface area contributed by atoms with Gasteiger partial charge in [0.15, 0.2) is 0 Å². The number of ketones is 1. The molecule has 0 aromatic rings. The van der Waals surface area contributed by atoms with Gasteiger partial charge in [-0.25, -0.2) is 0 Å². The molecular weight excluding hydrogens is 180 g/mol. The quantitative estimate of drug-likeness (QED) is 0.649. The van der Waals surface area contributed by atoms with Crippen LogP contribution in [0.3, 0.4) is 0 Å². The van der Waals surface area contributed by atoms with Gasteiger partial charge in [0.2, 0.25) is 0 Å². The largest absolute Gasteiger partial charge is 0.466 e. The van der Waals surface area contributed by atoms with Crippen molar-refractivity contribution in [2.45, 2.75) is 34.1 Å². The van der Waals surface area contributed by atoms with E-state index < -0.39 is 0 Å². The Labute approximate surface area is 84.8 Å². The van der Waals surface area contributed by atoms with Gasteiger partial charge in [0.25, 0.3) is 0 Å². The Morgan fingerprint density at radius 1 is 1.36 bits per heavy atom. The van der Waals surface area contributed by atoms with E-state index in [0.717, 1.165) is 6.42 Å². The Bertz CT molecular complexity index is 253. The van der Waals surface area contributed by atoms with E-state index in [-0.39, 0.29) is 23.1 Å². The molecule has 2 unspecified atom stereocenters. The molecule has 0 radical (unpaired) electrons. The van der Waals surface area contributed by atoms with E-state index in [4.69, 9.17) is 4.74 Å². The third-order valence-electron chi connectivity index (χ3n) is 3.45. The first kappa shape index (κ1) is 11.2. The fourth-order valence-electron chi connectivity index (χ4n) is 2.21. The van der Waals surface area contributed by atoms with Gasteiger partial charge in [-0.15, -0.1) is 0 Å². The number of ether oxygens (including phenoxy) is 1. The first-order valence-corrected chi connectivity index (χ1v) is 4.99. The molecule has 2 atom stereocenters. The number of carbonyl (C=O) groups is 2. The molecule has 1 saturated carbocycles. The van der Waals surface area contributed by atoms with E-state index in [0.29, 0.717) is 12.5 Å². The Kier molecular flexibility index (Phi) is 2.98. The van der Waals surface area contributed by atoms with E-state index in [9.17, 15) is 9.59 Å². The molecular formula is C11H18O3. The zero-order chi connectivity index (χ0) is 10.9.